The molecule has 2 saturated carbocycles. The molecule has 3 aliphatic rings. The Morgan fingerprint density at radius 3 is 2.14 bits per heavy atom. The first-order valence-electron chi connectivity index (χ1n) is 14.7. The van der Waals surface area contributed by atoms with Crippen molar-refractivity contribution in [2.45, 2.75) is 99.7 Å². The molecule has 3 fully saturated rings. The molecule has 1 saturated heterocycles. The summed E-state index contributed by atoms with van der Waals surface area (Å²) >= 11 is 5.96. The average Bonchev–Trinajstić information content (AvgIpc) is 3.40. The molecule has 0 amide bonds. The van der Waals surface area contributed by atoms with Gasteiger partial charge in [-0.05, 0) is 75.6 Å². The number of nitrogens with zero attached hydrogens (tertiary/aromatic N) is 5. The van der Waals surface area contributed by atoms with Gasteiger partial charge < -0.3 is 20.9 Å². The van der Waals surface area contributed by atoms with E-state index in [0.29, 0.717) is 54.8 Å². The van der Waals surface area contributed by atoms with Crippen molar-refractivity contribution < 1.29 is 8.42 Å². The van der Waals surface area contributed by atoms with Crippen molar-refractivity contribution in [2.24, 2.45) is 5.73 Å². The number of rotatable bonds is 7. The van der Waals surface area contributed by atoms with E-state index in [2.05, 4.69) is 15.2 Å². The maximum absolute atomic E-state index is 13.2. The third-order valence-corrected chi connectivity index (χ3v) is 10.9. The number of aromatic nitrogens is 4. The zero-order valence-corrected chi connectivity index (χ0v) is 26.8. The van der Waals surface area contributed by atoms with E-state index in [-0.39, 0.29) is 41.8 Å². The second kappa shape index (κ2) is 14.3. The molecule has 1 aromatic carbocycles. The average molecular weight is 660 g/mol. The molecule has 6 rings (SSSR count). The lowest BCUT2D eigenvalue weighted by molar-refractivity contribution is 0.329. The van der Waals surface area contributed by atoms with Crippen molar-refractivity contribution in [2.75, 3.05) is 23.7 Å². The Bertz CT molecular complexity index is 1420. The van der Waals surface area contributed by atoms with Crippen molar-refractivity contribution in [1.29, 1.82) is 0 Å². The number of nitrogens with two attached hydrogens (primary N) is 1. The highest BCUT2D eigenvalue weighted by Crippen LogP contribution is 2.33. The van der Waals surface area contributed by atoms with Crippen LogP contribution in [0.15, 0.2) is 35.5 Å². The molecule has 0 unspecified atom stereocenters. The molecule has 10 nitrogen and oxygen atoms in total. The van der Waals surface area contributed by atoms with Crippen LogP contribution in [0.1, 0.15) is 76.7 Å². The lowest BCUT2D eigenvalue weighted by Crippen LogP contribution is -2.42. The van der Waals surface area contributed by atoms with Gasteiger partial charge in [-0.3, -0.25) is 0 Å². The summed E-state index contributed by atoms with van der Waals surface area (Å²) < 4.78 is 30.1. The van der Waals surface area contributed by atoms with E-state index in [4.69, 9.17) is 32.3 Å². The quantitative estimate of drug-likeness (QED) is 0.291. The first kappa shape index (κ1) is 33.0. The normalized spacial score (nSPS) is 22.7. The van der Waals surface area contributed by atoms with Crippen molar-refractivity contribution >= 4 is 69.4 Å². The number of benzene rings is 1. The molecule has 0 atom stereocenters. The van der Waals surface area contributed by atoms with Gasteiger partial charge in [0, 0.05) is 42.3 Å². The summed E-state index contributed by atoms with van der Waals surface area (Å²) in [6, 6.07) is 7.43. The Morgan fingerprint density at radius 2 is 1.48 bits per heavy atom. The molecule has 0 bridgehead atoms. The van der Waals surface area contributed by atoms with Crippen molar-refractivity contribution in [3.63, 3.8) is 0 Å². The van der Waals surface area contributed by atoms with Gasteiger partial charge in [0.15, 0.2) is 17.0 Å². The molecule has 42 heavy (non-hydrogen) atoms. The van der Waals surface area contributed by atoms with Gasteiger partial charge >= 0.3 is 0 Å². The largest absolute Gasteiger partial charge is 0.365 e. The van der Waals surface area contributed by atoms with Crippen molar-refractivity contribution in [1.82, 2.24) is 23.8 Å². The van der Waals surface area contributed by atoms with Crippen LogP contribution in [0.3, 0.4) is 0 Å². The van der Waals surface area contributed by atoms with Gasteiger partial charge in [-0.25, -0.2) is 13.4 Å². The van der Waals surface area contributed by atoms with Gasteiger partial charge in [0.2, 0.25) is 16.0 Å². The summed E-state index contributed by atoms with van der Waals surface area (Å²) in [6.07, 6.45) is 13.3. The molecule has 3 aromatic rings. The predicted octanol–water partition coefficient (Wildman–Crippen LogP) is 5.78. The number of hydrogen-bond donors (Lipinski definition) is 3. The van der Waals surface area contributed by atoms with E-state index in [1.54, 1.807) is 28.6 Å². The third-order valence-electron chi connectivity index (χ3n) is 8.74. The summed E-state index contributed by atoms with van der Waals surface area (Å²) in [5.41, 5.74) is 7.77. The minimum absolute atomic E-state index is 0. The minimum atomic E-state index is -3.56. The van der Waals surface area contributed by atoms with Crippen LogP contribution >= 0.6 is 36.4 Å². The zero-order chi connectivity index (χ0) is 27.7. The number of piperidine rings is 1. The second-order valence-corrected chi connectivity index (χ2v) is 13.9. The lowest BCUT2D eigenvalue weighted by atomic mass is 9.92. The van der Waals surface area contributed by atoms with Gasteiger partial charge in [0.1, 0.15) is 0 Å². The van der Waals surface area contributed by atoms with Gasteiger partial charge in [-0.1, -0.05) is 30.9 Å². The monoisotopic (exact) mass is 658 g/mol. The molecular weight excluding hydrogens is 619 g/mol. The zero-order valence-electron chi connectivity index (χ0n) is 23.6. The summed E-state index contributed by atoms with van der Waals surface area (Å²) in [7, 11) is -3.56. The topological polar surface area (TPSA) is 131 Å². The van der Waals surface area contributed by atoms with E-state index in [0.717, 1.165) is 49.7 Å². The molecule has 1 aliphatic heterocycles. The van der Waals surface area contributed by atoms with E-state index in [1.165, 1.54) is 19.3 Å². The first-order chi connectivity index (χ1) is 19.4. The summed E-state index contributed by atoms with van der Waals surface area (Å²) in [5, 5.41) is 7.72. The third kappa shape index (κ3) is 7.25. The Morgan fingerprint density at radius 1 is 0.833 bits per heavy atom. The van der Waals surface area contributed by atoms with E-state index in [9.17, 15) is 8.42 Å². The number of hydrogen-bond acceptors (Lipinski definition) is 8. The lowest BCUT2D eigenvalue weighted by Gasteiger charge is -2.32. The van der Waals surface area contributed by atoms with E-state index >= 15 is 0 Å². The van der Waals surface area contributed by atoms with Crippen LogP contribution in [0.4, 0.5) is 11.8 Å². The smallest absolute Gasteiger partial charge is 0.243 e. The Hall–Kier alpha value is -1.89. The highest BCUT2D eigenvalue weighted by atomic mass is 35.5. The number of halogens is 3. The summed E-state index contributed by atoms with van der Waals surface area (Å²) in [5.74, 6) is 1.34. The van der Waals surface area contributed by atoms with Crippen LogP contribution in [0.2, 0.25) is 5.02 Å². The summed E-state index contributed by atoms with van der Waals surface area (Å²) in [4.78, 5) is 14.9. The number of fused-ring (bicyclic) bond motifs is 1. The number of sulfonamides is 1. The minimum Gasteiger partial charge on any atom is -0.365 e. The molecule has 4 N–H and O–H groups in total. The van der Waals surface area contributed by atoms with Crippen LogP contribution in [0, 0.1) is 0 Å². The molecule has 0 spiro atoms. The Balaban J connectivity index is 0.00000202. The van der Waals surface area contributed by atoms with Crippen LogP contribution < -0.4 is 16.4 Å². The molecule has 2 aromatic heterocycles. The van der Waals surface area contributed by atoms with Gasteiger partial charge in [-0.2, -0.15) is 14.3 Å². The maximum atomic E-state index is 13.2. The maximum Gasteiger partial charge on any atom is 0.243 e. The standard InChI is InChI=1S/C28H39ClN8O2S.2ClH/c29-19-6-12-24(13-7-19)40(38,39)36-16-14-22(15-17-36)32-26-25-27(37(18-31-25)23-4-2-1-3-5-23)35-28(34-26)33-21-10-8-20(30)9-11-21;;/h6-7,12-13,18,20-23H,1-5,8-11,14-17,30H2,(H2,32,33,34,35);2*1H/t20-,21-;;. The fourth-order valence-corrected chi connectivity index (χ4v) is 7.94. The van der Waals surface area contributed by atoms with Crippen molar-refractivity contribution in [3.8, 4) is 0 Å². The van der Waals surface area contributed by atoms with E-state index < -0.39 is 10.0 Å². The predicted molar refractivity (Wildman–Crippen MR) is 173 cm³/mol. The Labute approximate surface area is 265 Å². The van der Waals surface area contributed by atoms with Crippen molar-refractivity contribution in [3.05, 3.63) is 35.6 Å². The second-order valence-electron chi connectivity index (χ2n) is 11.5. The first-order valence-corrected chi connectivity index (χ1v) is 16.5. The molecule has 2 aliphatic carbocycles. The Kier molecular flexibility index (Phi) is 11.2. The number of anilines is 2. The van der Waals surface area contributed by atoms with Gasteiger partial charge in [0.05, 0.1) is 11.2 Å². The number of imidazole rings is 1. The molecule has 14 heteroatoms. The fourth-order valence-electron chi connectivity index (χ4n) is 6.34. The molecule has 232 valence electrons. The van der Waals surface area contributed by atoms with Gasteiger partial charge in [-0.15, -0.1) is 24.8 Å². The van der Waals surface area contributed by atoms with Gasteiger partial charge in [0.25, 0.3) is 0 Å². The summed E-state index contributed by atoms with van der Waals surface area (Å²) in [6.45, 7) is 0.863. The van der Waals surface area contributed by atoms with Crippen LogP contribution in [0.5, 0.6) is 0 Å². The van der Waals surface area contributed by atoms with Crippen LogP contribution in [-0.4, -0.2) is 63.5 Å². The highest BCUT2D eigenvalue weighted by Gasteiger charge is 2.30. The molecule has 0 radical (unpaired) electrons. The number of nitrogens with one attached hydrogen (secondary N) is 2. The highest BCUT2D eigenvalue weighted by molar-refractivity contribution is 7.89. The van der Waals surface area contributed by atoms with Crippen LogP contribution in [-0.2, 0) is 10.0 Å². The molecule has 3 heterocycles. The van der Waals surface area contributed by atoms with Crippen LogP contribution in [0.25, 0.3) is 11.2 Å². The fraction of sp³-hybridized carbons (Fsp3) is 0.607. The van der Waals surface area contributed by atoms with E-state index in [1.807, 2.05) is 6.33 Å². The molecular formula is C28H41Cl3N8O2S. The SMILES string of the molecule is Cl.Cl.N[C@H]1CC[C@H](Nc2nc(NC3CCN(S(=O)(=O)c4ccc(Cl)cc4)CC3)c3ncn(C4CCCCC4)c3n2)CC1.